The van der Waals surface area contributed by atoms with E-state index in [0.717, 1.165) is 26.4 Å². The third kappa shape index (κ3) is 2.55. The fourth-order valence-electron chi connectivity index (χ4n) is 2.21. The Bertz CT molecular complexity index is 987. The van der Waals surface area contributed by atoms with Crippen molar-refractivity contribution in [3.63, 3.8) is 0 Å². The van der Waals surface area contributed by atoms with E-state index in [1.165, 1.54) is 23.5 Å². The monoisotopic (exact) mass is 392 g/mol. The maximum atomic E-state index is 13.0. The highest BCUT2D eigenvalue weighted by Gasteiger charge is 2.18. The van der Waals surface area contributed by atoms with Crippen LogP contribution in [0.15, 0.2) is 28.7 Å². The van der Waals surface area contributed by atoms with Crippen LogP contribution in [0.3, 0.4) is 0 Å². The molecule has 0 saturated heterocycles. The molecular weight excluding hydrogens is 383 g/mol. The SMILES string of the molecule is Cc1[nH]nc(-c2nn3c(Cc4ccc(F)cc4)nnc3s2)c1Br. The fraction of sp³-hybridized carbons (Fsp3) is 0.143. The molecule has 0 amide bonds. The summed E-state index contributed by atoms with van der Waals surface area (Å²) in [6.45, 7) is 1.93. The second-order valence-electron chi connectivity index (χ2n) is 5.03. The number of aromatic nitrogens is 6. The van der Waals surface area contributed by atoms with Crippen LogP contribution in [0, 0.1) is 12.7 Å². The normalized spacial score (nSPS) is 11.4. The Kier molecular flexibility index (Phi) is 3.46. The van der Waals surface area contributed by atoms with E-state index in [-0.39, 0.29) is 5.82 Å². The molecule has 0 aliphatic heterocycles. The summed E-state index contributed by atoms with van der Waals surface area (Å²) in [5.41, 5.74) is 2.65. The van der Waals surface area contributed by atoms with E-state index in [1.54, 1.807) is 16.6 Å². The lowest BCUT2D eigenvalue weighted by Crippen LogP contribution is -1.98. The standard InChI is InChI=1S/C14H10BrFN6S/c1-7-11(15)12(19-17-7)13-21-22-10(18-20-14(22)23-13)6-8-2-4-9(16)5-3-8/h2-5H,6H2,1H3,(H,17,19). The van der Waals surface area contributed by atoms with Gasteiger partial charge in [-0.15, -0.1) is 10.2 Å². The average Bonchev–Trinajstić information content (AvgIpc) is 3.19. The average molecular weight is 393 g/mol. The first-order chi connectivity index (χ1) is 11.1. The number of fused-ring (bicyclic) bond motifs is 1. The number of H-pyrrole nitrogens is 1. The number of benzene rings is 1. The molecule has 0 fully saturated rings. The van der Waals surface area contributed by atoms with E-state index < -0.39 is 0 Å². The lowest BCUT2D eigenvalue weighted by Gasteiger charge is -1.98. The van der Waals surface area contributed by atoms with E-state index in [4.69, 9.17) is 0 Å². The van der Waals surface area contributed by atoms with Crippen LogP contribution in [0.2, 0.25) is 0 Å². The summed E-state index contributed by atoms with van der Waals surface area (Å²) in [6.07, 6.45) is 0.533. The first kappa shape index (κ1) is 14.5. The lowest BCUT2D eigenvalue weighted by atomic mass is 10.1. The van der Waals surface area contributed by atoms with Crippen LogP contribution in [0.4, 0.5) is 4.39 Å². The van der Waals surface area contributed by atoms with Crippen molar-refractivity contribution in [2.24, 2.45) is 0 Å². The molecule has 4 rings (SSSR count). The predicted octanol–water partition coefficient (Wildman–Crippen LogP) is 3.38. The van der Waals surface area contributed by atoms with E-state index in [1.807, 2.05) is 6.92 Å². The molecule has 0 unspecified atom stereocenters. The van der Waals surface area contributed by atoms with Crippen molar-refractivity contribution in [3.05, 3.63) is 51.6 Å². The van der Waals surface area contributed by atoms with Crippen molar-refractivity contribution in [2.75, 3.05) is 0 Å². The predicted molar refractivity (Wildman–Crippen MR) is 87.9 cm³/mol. The van der Waals surface area contributed by atoms with Gasteiger partial charge in [-0.25, -0.2) is 4.39 Å². The molecule has 23 heavy (non-hydrogen) atoms. The fourth-order valence-corrected chi connectivity index (χ4v) is 3.56. The van der Waals surface area contributed by atoms with Crippen molar-refractivity contribution in [1.82, 2.24) is 30.0 Å². The summed E-state index contributed by atoms with van der Waals surface area (Å²) in [5, 5.41) is 20.8. The van der Waals surface area contributed by atoms with Gasteiger partial charge in [-0.3, -0.25) is 5.10 Å². The van der Waals surface area contributed by atoms with E-state index >= 15 is 0 Å². The molecule has 0 bridgehead atoms. The Morgan fingerprint density at radius 1 is 1.26 bits per heavy atom. The van der Waals surface area contributed by atoms with Crippen LogP contribution >= 0.6 is 27.3 Å². The highest BCUT2D eigenvalue weighted by molar-refractivity contribution is 9.10. The zero-order valence-corrected chi connectivity index (χ0v) is 14.3. The van der Waals surface area contributed by atoms with Gasteiger partial charge in [-0.2, -0.15) is 14.7 Å². The molecule has 0 atom stereocenters. The van der Waals surface area contributed by atoms with Crippen molar-refractivity contribution in [1.29, 1.82) is 0 Å². The first-order valence-electron chi connectivity index (χ1n) is 6.78. The Morgan fingerprint density at radius 2 is 2.04 bits per heavy atom. The van der Waals surface area contributed by atoms with Gasteiger partial charge in [0, 0.05) is 12.1 Å². The van der Waals surface area contributed by atoms with Crippen LogP contribution in [-0.2, 0) is 6.42 Å². The molecule has 0 aliphatic carbocycles. The summed E-state index contributed by atoms with van der Waals surface area (Å²) >= 11 is 4.92. The molecule has 4 aromatic rings. The molecular formula is C14H10BrFN6S. The van der Waals surface area contributed by atoms with Gasteiger partial charge in [0.2, 0.25) is 4.96 Å². The first-order valence-corrected chi connectivity index (χ1v) is 8.39. The lowest BCUT2D eigenvalue weighted by molar-refractivity contribution is 0.627. The maximum Gasteiger partial charge on any atom is 0.235 e. The van der Waals surface area contributed by atoms with E-state index in [0.29, 0.717) is 17.2 Å². The van der Waals surface area contributed by atoms with Gasteiger partial charge in [0.15, 0.2) is 10.8 Å². The molecule has 0 radical (unpaired) electrons. The van der Waals surface area contributed by atoms with Crippen LogP contribution in [-0.4, -0.2) is 30.0 Å². The van der Waals surface area contributed by atoms with Gasteiger partial charge in [0.25, 0.3) is 0 Å². The molecule has 9 heteroatoms. The second kappa shape index (κ2) is 5.50. The second-order valence-corrected chi connectivity index (χ2v) is 6.78. The van der Waals surface area contributed by atoms with Gasteiger partial charge in [-0.1, -0.05) is 23.5 Å². The summed E-state index contributed by atoms with van der Waals surface area (Å²) in [7, 11) is 0. The number of rotatable bonds is 3. The van der Waals surface area contributed by atoms with Crippen molar-refractivity contribution >= 4 is 32.2 Å². The van der Waals surface area contributed by atoms with Gasteiger partial charge < -0.3 is 0 Å². The molecule has 3 heterocycles. The molecule has 6 nitrogen and oxygen atoms in total. The zero-order chi connectivity index (χ0) is 16.0. The Morgan fingerprint density at radius 3 is 2.74 bits per heavy atom. The molecule has 1 aromatic carbocycles. The quantitative estimate of drug-likeness (QED) is 0.579. The van der Waals surface area contributed by atoms with Crippen LogP contribution in [0.5, 0.6) is 0 Å². The largest absolute Gasteiger partial charge is 0.281 e. The summed E-state index contributed by atoms with van der Waals surface area (Å²) in [6, 6.07) is 6.34. The van der Waals surface area contributed by atoms with Crippen LogP contribution in [0.25, 0.3) is 15.7 Å². The third-order valence-electron chi connectivity index (χ3n) is 3.41. The summed E-state index contributed by atoms with van der Waals surface area (Å²) < 4.78 is 15.6. The smallest absolute Gasteiger partial charge is 0.235 e. The summed E-state index contributed by atoms with van der Waals surface area (Å²) in [4.78, 5) is 0.699. The third-order valence-corrected chi connectivity index (χ3v) is 5.28. The number of aromatic amines is 1. The van der Waals surface area contributed by atoms with Crippen molar-refractivity contribution in [2.45, 2.75) is 13.3 Å². The Hall–Kier alpha value is -2.13. The number of nitrogens with zero attached hydrogens (tertiary/aromatic N) is 5. The molecule has 116 valence electrons. The number of hydrogen-bond donors (Lipinski definition) is 1. The molecule has 0 saturated carbocycles. The minimum absolute atomic E-state index is 0.255. The number of nitrogens with one attached hydrogen (secondary N) is 1. The number of halogens is 2. The van der Waals surface area contributed by atoms with E-state index in [9.17, 15) is 4.39 Å². The molecule has 3 aromatic heterocycles. The highest BCUT2D eigenvalue weighted by atomic mass is 79.9. The highest BCUT2D eigenvalue weighted by Crippen LogP contribution is 2.31. The number of hydrogen-bond acceptors (Lipinski definition) is 5. The van der Waals surface area contributed by atoms with Gasteiger partial charge in [0.1, 0.15) is 11.5 Å². The Labute approximate surface area is 142 Å². The molecule has 0 aliphatic rings. The summed E-state index contributed by atoms with van der Waals surface area (Å²) in [5.74, 6) is 0.451. The van der Waals surface area contributed by atoms with Crippen LogP contribution < -0.4 is 0 Å². The van der Waals surface area contributed by atoms with Gasteiger partial charge in [-0.05, 0) is 40.5 Å². The minimum atomic E-state index is -0.255. The zero-order valence-electron chi connectivity index (χ0n) is 11.9. The number of aryl methyl sites for hydroxylation is 1. The van der Waals surface area contributed by atoms with E-state index in [2.05, 4.69) is 41.4 Å². The molecule has 1 N–H and O–H groups in total. The van der Waals surface area contributed by atoms with Gasteiger partial charge in [0.05, 0.1) is 4.47 Å². The van der Waals surface area contributed by atoms with Crippen molar-refractivity contribution < 1.29 is 4.39 Å². The maximum absolute atomic E-state index is 13.0. The topological polar surface area (TPSA) is 71.8 Å². The van der Waals surface area contributed by atoms with Crippen molar-refractivity contribution in [3.8, 4) is 10.7 Å². The van der Waals surface area contributed by atoms with Crippen LogP contribution in [0.1, 0.15) is 17.1 Å². The Balaban J connectivity index is 1.72. The van der Waals surface area contributed by atoms with Gasteiger partial charge >= 0.3 is 0 Å². The molecule has 0 spiro atoms. The minimum Gasteiger partial charge on any atom is -0.281 e.